The molecule has 0 amide bonds. The highest BCUT2D eigenvalue weighted by atomic mass is 15.3. The molecule has 5 heteroatoms. The van der Waals surface area contributed by atoms with Crippen molar-refractivity contribution in [1.29, 1.82) is 0 Å². The average Bonchev–Trinajstić information content (AvgIpc) is 3.29. The van der Waals surface area contributed by atoms with Gasteiger partial charge in [0.05, 0.1) is 0 Å². The molecule has 0 saturated heterocycles. The molecule has 0 aromatic carbocycles. The Labute approximate surface area is 145 Å². The number of aromatic nitrogens is 5. The SMILES string of the molecule is CC(C)c1ccc[nH]1.CC(C)c1ccn[nH]1.CC(C)n1cccn1. The number of hydrogen-bond acceptors (Lipinski definition) is 2. The molecule has 3 aromatic heterocycles. The summed E-state index contributed by atoms with van der Waals surface area (Å²) in [6.45, 7) is 12.8. The van der Waals surface area contributed by atoms with Crippen molar-refractivity contribution < 1.29 is 0 Å². The van der Waals surface area contributed by atoms with Crippen LogP contribution in [0.25, 0.3) is 0 Å². The van der Waals surface area contributed by atoms with Gasteiger partial charge >= 0.3 is 0 Å². The van der Waals surface area contributed by atoms with Gasteiger partial charge in [-0.05, 0) is 49.9 Å². The van der Waals surface area contributed by atoms with E-state index in [-0.39, 0.29) is 0 Å². The highest BCUT2D eigenvalue weighted by molar-refractivity contribution is 5.07. The van der Waals surface area contributed by atoms with E-state index in [2.05, 4.69) is 67.9 Å². The van der Waals surface area contributed by atoms with Gasteiger partial charge in [-0.15, -0.1) is 0 Å². The Bertz CT molecular complexity index is 514. The van der Waals surface area contributed by atoms with E-state index < -0.39 is 0 Å². The summed E-state index contributed by atoms with van der Waals surface area (Å²) in [5, 5.41) is 10.7. The van der Waals surface area contributed by atoms with E-state index >= 15 is 0 Å². The van der Waals surface area contributed by atoms with Crippen LogP contribution in [0.5, 0.6) is 0 Å². The standard InChI is InChI=1S/C7H11N.2C6H10N2/c1-6(2)7-4-3-5-8-7;1-6(2)8-5-3-4-7-8;1-5(2)6-3-4-7-8-6/h3-6,8H,1-2H3;3-6H,1-2H3;3-5H,1-2H3,(H,7,8). The van der Waals surface area contributed by atoms with Gasteiger partial charge in [0.2, 0.25) is 0 Å². The monoisotopic (exact) mass is 329 g/mol. The zero-order valence-electron chi connectivity index (χ0n) is 15.7. The van der Waals surface area contributed by atoms with Crippen LogP contribution >= 0.6 is 0 Å². The van der Waals surface area contributed by atoms with Crippen molar-refractivity contribution in [2.75, 3.05) is 0 Å². The molecule has 0 aliphatic heterocycles. The topological polar surface area (TPSA) is 62.3 Å². The quantitative estimate of drug-likeness (QED) is 0.699. The molecule has 0 aliphatic carbocycles. The first kappa shape index (κ1) is 19.7. The Balaban J connectivity index is 0.000000180. The van der Waals surface area contributed by atoms with E-state index in [1.807, 2.05) is 35.3 Å². The van der Waals surface area contributed by atoms with E-state index in [1.54, 1.807) is 12.4 Å². The molecular weight excluding hydrogens is 298 g/mol. The second-order valence-electron chi connectivity index (χ2n) is 6.53. The maximum Gasteiger partial charge on any atom is 0.0490 e. The number of rotatable bonds is 3. The molecular formula is C19H31N5. The summed E-state index contributed by atoms with van der Waals surface area (Å²) in [6, 6.07) is 8.54. The third-order valence-corrected chi connectivity index (χ3v) is 3.44. The molecule has 0 saturated carbocycles. The minimum atomic E-state index is 0.491. The Morgan fingerprint density at radius 3 is 1.83 bits per heavy atom. The zero-order chi connectivity index (χ0) is 17.9. The molecule has 0 fully saturated rings. The van der Waals surface area contributed by atoms with E-state index in [1.165, 1.54) is 11.4 Å². The normalized spacial score (nSPS) is 10.4. The van der Waals surface area contributed by atoms with Gasteiger partial charge in [0.15, 0.2) is 0 Å². The molecule has 0 radical (unpaired) electrons. The van der Waals surface area contributed by atoms with Crippen molar-refractivity contribution in [2.45, 2.75) is 59.4 Å². The second kappa shape index (κ2) is 10.5. The highest BCUT2D eigenvalue weighted by Gasteiger charge is 1.96. The van der Waals surface area contributed by atoms with E-state index in [0.29, 0.717) is 17.9 Å². The van der Waals surface area contributed by atoms with Crippen LogP contribution in [-0.2, 0) is 0 Å². The highest BCUT2D eigenvalue weighted by Crippen LogP contribution is 2.09. The van der Waals surface area contributed by atoms with Gasteiger partial charge in [0.1, 0.15) is 0 Å². The van der Waals surface area contributed by atoms with Gasteiger partial charge in [-0.25, -0.2) is 0 Å². The summed E-state index contributed by atoms with van der Waals surface area (Å²) < 4.78 is 1.92. The molecule has 0 bridgehead atoms. The van der Waals surface area contributed by atoms with Crippen molar-refractivity contribution in [3.8, 4) is 0 Å². The summed E-state index contributed by atoms with van der Waals surface area (Å²) in [6.07, 6.45) is 7.48. The van der Waals surface area contributed by atoms with E-state index in [0.717, 1.165) is 0 Å². The third kappa shape index (κ3) is 7.31. The Morgan fingerprint density at radius 2 is 1.58 bits per heavy atom. The van der Waals surface area contributed by atoms with Gasteiger partial charge in [0.25, 0.3) is 0 Å². The first-order valence-corrected chi connectivity index (χ1v) is 8.53. The van der Waals surface area contributed by atoms with Crippen LogP contribution in [0.1, 0.15) is 70.8 Å². The predicted octanol–water partition coefficient (Wildman–Crippen LogP) is 5.14. The van der Waals surface area contributed by atoms with Gasteiger partial charge < -0.3 is 4.98 Å². The number of hydrogen-bond donors (Lipinski definition) is 2. The van der Waals surface area contributed by atoms with Crippen LogP contribution < -0.4 is 0 Å². The zero-order valence-corrected chi connectivity index (χ0v) is 15.7. The summed E-state index contributed by atoms with van der Waals surface area (Å²) in [4.78, 5) is 3.14. The van der Waals surface area contributed by atoms with Crippen LogP contribution in [0, 0.1) is 0 Å². The number of H-pyrrole nitrogens is 2. The molecule has 0 aliphatic rings. The Morgan fingerprint density at radius 1 is 0.875 bits per heavy atom. The van der Waals surface area contributed by atoms with Gasteiger partial charge in [-0.3, -0.25) is 9.78 Å². The molecule has 0 unspecified atom stereocenters. The first-order chi connectivity index (χ1) is 11.4. The summed E-state index contributed by atoms with van der Waals surface area (Å²) in [5.74, 6) is 1.20. The Kier molecular flexibility index (Phi) is 8.61. The van der Waals surface area contributed by atoms with Crippen LogP contribution in [-0.4, -0.2) is 25.0 Å². The minimum absolute atomic E-state index is 0.491. The molecule has 24 heavy (non-hydrogen) atoms. The van der Waals surface area contributed by atoms with Crippen LogP contribution in [0.15, 0.2) is 49.1 Å². The smallest absolute Gasteiger partial charge is 0.0490 e. The lowest BCUT2D eigenvalue weighted by molar-refractivity contribution is 0.532. The fourth-order valence-electron chi connectivity index (χ4n) is 1.88. The van der Waals surface area contributed by atoms with Crippen molar-refractivity contribution in [3.63, 3.8) is 0 Å². The molecule has 0 atom stereocenters. The number of nitrogens with zero attached hydrogens (tertiary/aromatic N) is 3. The molecule has 0 spiro atoms. The van der Waals surface area contributed by atoms with Crippen molar-refractivity contribution in [2.24, 2.45) is 0 Å². The van der Waals surface area contributed by atoms with Crippen LogP contribution in [0.2, 0.25) is 0 Å². The second-order valence-corrected chi connectivity index (χ2v) is 6.53. The molecule has 5 nitrogen and oxygen atoms in total. The van der Waals surface area contributed by atoms with E-state index in [4.69, 9.17) is 0 Å². The van der Waals surface area contributed by atoms with Crippen LogP contribution in [0.4, 0.5) is 0 Å². The number of nitrogens with one attached hydrogen (secondary N) is 2. The summed E-state index contributed by atoms with van der Waals surface area (Å²) in [7, 11) is 0. The van der Waals surface area contributed by atoms with Crippen molar-refractivity contribution in [1.82, 2.24) is 25.0 Å². The fraction of sp³-hybridized carbons (Fsp3) is 0.474. The molecule has 3 heterocycles. The lowest BCUT2D eigenvalue weighted by atomic mass is 10.1. The molecule has 3 aromatic rings. The third-order valence-electron chi connectivity index (χ3n) is 3.44. The largest absolute Gasteiger partial charge is 0.365 e. The predicted molar refractivity (Wildman–Crippen MR) is 100 cm³/mol. The number of aromatic amines is 2. The lowest BCUT2D eigenvalue weighted by Gasteiger charge is -2.01. The van der Waals surface area contributed by atoms with E-state index in [9.17, 15) is 0 Å². The summed E-state index contributed by atoms with van der Waals surface area (Å²) in [5.41, 5.74) is 2.51. The fourth-order valence-corrected chi connectivity index (χ4v) is 1.88. The summed E-state index contributed by atoms with van der Waals surface area (Å²) >= 11 is 0. The average molecular weight is 329 g/mol. The molecule has 132 valence electrons. The van der Waals surface area contributed by atoms with Gasteiger partial charge in [-0.2, -0.15) is 10.2 Å². The molecule has 2 N–H and O–H groups in total. The lowest BCUT2D eigenvalue weighted by Crippen LogP contribution is -1.99. The first-order valence-electron chi connectivity index (χ1n) is 8.53. The molecule has 3 rings (SSSR count). The maximum absolute atomic E-state index is 4.03. The van der Waals surface area contributed by atoms with Gasteiger partial charge in [-0.1, -0.05) is 27.7 Å². The van der Waals surface area contributed by atoms with Gasteiger partial charge in [0, 0.05) is 42.2 Å². The minimum Gasteiger partial charge on any atom is -0.365 e. The Hall–Kier alpha value is -2.30. The van der Waals surface area contributed by atoms with Crippen LogP contribution in [0.3, 0.4) is 0 Å². The van der Waals surface area contributed by atoms with Crippen molar-refractivity contribution in [3.05, 3.63) is 60.4 Å². The van der Waals surface area contributed by atoms with Crippen molar-refractivity contribution >= 4 is 0 Å². The maximum atomic E-state index is 4.03.